The Bertz CT molecular complexity index is 463. The number of carbonyl (C=O) groups excluding carboxylic acids is 1. The summed E-state index contributed by atoms with van der Waals surface area (Å²) in [7, 11) is 0. The Labute approximate surface area is 138 Å². The van der Waals surface area contributed by atoms with E-state index in [1.54, 1.807) is 0 Å². The molecule has 0 aliphatic carbocycles. The first kappa shape index (κ1) is 19.0. The van der Waals surface area contributed by atoms with Crippen LogP contribution in [-0.4, -0.2) is 29.7 Å². The Morgan fingerprint density at radius 2 is 1.70 bits per heavy atom. The standard InChI is InChI=1S/C18H28N2O3/c1-2-3-4-5-6-10-13-19-18(23)20-16(17(21)22)14-15-11-8-7-9-12-15/h7-9,11-12,16H,2-6,10,13-14H2,1H3,(H,21,22)(H2,19,20,23). The minimum Gasteiger partial charge on any atom is -0.480 e. The number of amides is 2. The van der Waals surface area contributed by atoms with Gasteiger partial charge in [0.05, 0.1) is 0 Å². The molecule has 0 aliphatic heterocycles. The summed E-state index contributed by atoms with van der Waals surface area (Å²) in [5, 5.41) is 14.5. The van der Waals surface area contributed by atoms with Crippen LogP contribution in [0.3, 0.4) is 0 Å². The van der Waals surface area contributed by atoms with Crippen LogP contribution in [0.4, 0.5) is 4.79 Å². The van der Waals surface area contributed by atoms with Crippen LogP contribution in [0, 0.1) is 0 Å². The first-order valence-corrected chi connectivity index (χ1v) is 8.44. The largest absolute Gasteiger partial charge is 0.480 e. The number of hydrogen-bond donors (Lipinski definition) is 3. The summed E-state index contributed by atoms with van der Waals surface area (Å²) in [5.74, 6) is -1.02. The molecule has 0 heterocycles. The highest BCUT2D eigenvalue weighted by atomic mass is 16.4. The number of benzene rings is 1. The molecular weight excluding hydrogens is 292 g/mol. The maximum atomic E-state index is 11.8. The Balaban J connectivity index is 2.25. The van der Waals surface area contributed by atoms with Crippen molar-refractivity contribution in [3.63, 3.8) is 0 Å². The van der Waals surface area contributed by atoms with E-state index in [4.69, 9.17) is 0 Å². The molecule has 2 amide bonds. The molecule has 0 radical (unpaired) electrons. The van der Waals surface area contributed by atoms with Crippen LogP contribution >= 0.6 is 0 Å². The lowest BCUT2D eigenvalue weighted by atomic mass is 10.1. The smallest absolute Gasteiger partial charge is 0.326 e. The zero-order valence-corrected chi connectivity index (χ0v) is 13.9. The summed E-state index contributed by atoms with van der Waals surface area (Å²) in [5.41, 5.74) is 0.885. The van der Waals surface area contributed by atoms with Crippen molar-refractivity contribution >= 4 is 12.0 Å². The summed E-state index contributed by atoms with van der Waals surface area (Å²) in [4.78, 5) is 23.1. The van der Waals surface area contributed by atoms with Gasteiger partial charge in [0.2, 0.25) is 0 Å². The normalized spacial score (nSPS) is 11.7. The lowest BCUT2D eigenvalue weighted by molar-refractivity contribution is -0.139. The van der Waals surface area contributed by atoms with E-state index in [-0.39, 0.29) is 6.42 Å². The lowest BCUT2D eigenvalue weighted by Gasteiger charge is -2.15. The van der Waals surface area contributed by atoms with Crippen molar-refractivity contribution in [2.24, 2.45) is 0 Å². The molecule has 1 aromatic carbocycles. The molecule has 0 saturated carbocycles. The topological polar surface area (TPSA) is 78.4 Å². The van der Waals surface area contributed by atoms with Gasteiger partial charge in [0.15, 0.2) is 0 Å². The third kappa shape index (κ3) is 8.86. The van der Waals surface area contributed by atoms with E-state index in [9.17, 15) is 14.7 Å². The molecule has 5 nitrogen and oxygen atoms in total. The molecule has 3 N–H and O–H groups in total. The van der Waals surface area contributed by atoms with E-state index in [1.807, 2.05) is 30.3 Å². The van der Waals surface area contributed by atoms with E-state index in [0.29, 0.717) is 6.54 Å². The van der Waals surface area contributed by atoms with Gasteiger partial charge in [0, 0.05) is 13.0 Å². The van der Waals surface area contributed by atoms with E-state index >= 15 is 0 Å². The number of carboxylic acid groups (broad SMARTS) is 1. The first-order chi connectivity index (χ1) is 11.1. The molecule has 1 aromatic rings. The van der Waals surface area contributed by atoms with Crippen molar-refractivity contribution in [3.8, 4) is 0 Å². The van der Waals surface area contributed by atoms with Crippen LogP contribution in [-0.2, 0) is 11.2 Å². The fraction of sp³-hybridized carbons (Fsp3) is 0.556. The molecule has 0 spiro atoms. The molecule has 0 saturated heterocycles. The molecule has 1 rings (SSSR count). The van der Waals surface area contributed by atoms with Crippen LogP contribution in [0.2, 0.25) is 0 Å². The van der Waals surface area contributed by atoms with Crippen LogP contribution < -0.4 is 10.6 Å². The second kappa shape index (κ2) is 11.5. The highest BCUT2D eigenvalue weighted by Crippen LogP contribution is 2.05. The predicted octanol–water partition coefficient (Wildman–Crippen LogP) is 3.34. The summed E-state index contributed by atoms with van der Waals surface area (Å²) in [6, 6.07) is 7.96. The molecular formula is C18H28N2O3. The van der Waals surface area contributed by atoms with E-state index in [1.165, 1.54) is 25.7 Å². The Morgan fingerprint density at radius 3 is 2.35 bits per heavy atom. The SMILES string of the molecule is CCCCCCCCNC(=O)NC(Cc1ccccc1)C(=O)O. The molecule has 5 heteroatoms. The molecule has 0 fully saturated rings. The second-order valence-electron chi connectivity index (χ2n) is 5.75. The molecule has 1 unspecified atom stereocenters. The monoisotopic (exact) mass is 320 g/mol. The van der Waals surface area contributed by atoms with Gasteiger partial charge >= 0.3 is 12.0 Å². The summed E-state index contributed by atoms with van der Waals surface area (Å²) in [6.07, 6.45) is 7.19. The van der Waals surface area contributed by atoms with Gasteiger partial charge in [0.1, 0.15) is 6.04 Å². The maximum Gasteiger partial charge on any atom is 0.326 e. The predicted molar refractivity (Wildman–Crippen MR) is 91.5 cm³/mol. The number of nitrogens with one attached hydrogen (secondary N) is 2. The Morgan fingerprint density at radius 1 is 1.04 bits per heavy atom. The van der Waals surface area contributed by atoms with Gasteiger partial charge in [-0.3, -0.25) is 0 Å². The third-order valence-electron chi connectivity index (χ3n) is 3.70. The maximum absolute atomic E-state index is 11.8. The first-order valence-electron chi connectivity index (χ1n) is 8.44. The van der Waals surface area contributed by atoms with Gasteiger partial charge < -0.3 is 15.7 Å². The Hall–Kier alpha value is -2.04. The van der Waals surface area contributed by atoms with E-state index in [0.717, 1.165) is 18.4 Å². The quantitative estimate of drug-likeness (QED) is 0.547. The number of hydrogen-bond acceptors (Lipinski definition) is 2. The van der Waals surface area contributed by atoms with Crippen LogP contribution in [0.5, 0.6) is 0 Å². The molecule has 0 bridgehead atoms. The minimum atomic E-state index is -1.02. The molecule has 1 atom stereocenters. The summed E-state index contributed by atoms with van der Waals surface area (Å²) < 4.78 is 0. The molecule has 128 valence electrons. The number of carboxylic acids is 1. The lowest BCUT2D eigenvalue weighted by Crippen LogP contribution is -2.47. The van der Waals surface area contributed by atoms with Gasteiger partial charge in [-0.1, -0.05) is 69.4 Å². The van der Waals surface area contributed by atoms with Crippen LogP contribution in [0.25, 0.3) is 0 Å². The van der Waals surface area contributed by atoms with Crippen molar-refractivity contribution in [1.82, 2.24) is 10.6 Å². The average Bonchev–Trinajstić information content (AvgIpc) is 2.54. The highest BCUT2D eigenvalue weighted by molar-refractivity contribution is 5.82. The minimum absolute atomic E-state index is 0.278. The van der Waals surface area contributed by atoms with Crippen molar-refractivity contribution in [2.75, 3.05) is 6.54 Å². The van der Waals surface area contributed by atoms with Crippen molar-refractivity contribution in [2.45, 2.75) is 57.9 Å². The fourth-order valence-corrected chi connectivity index (χ4v) is 2.37. The average molecular weight is 320 g/mol. The van der Waals surface area contributed by atoms with E-state index < -0.39 is 18.0 Å². The number of rotatable bonds is 11. The molecule has 0 aromatic heterocycles. The second-order valence-corrected chi connectivity index (χ2v) is 5.75. The van der Waals surface area contributed by atoms with E-state index in [2.05, 4.69) is 17.6 Å². The van der Waals surface area contributed by atoms with Gasteiger partial charge in [-0.2, -0.15) is 0 Å². The van der Waals surface area contributed by atoms with Gasteiger partial charge in [-0.05, 0) is 12.0 Å². The number of carbonyl (C=O) groups is 2. The Kier molecular flexibility index (Phi) is 9.52. The van der Waals surface area contributed by atoms with Gasteiger partial charge in [-0.25, -0.2) is 9.59 Å². The van der Waals surface area contributed by atoms with Crippen molar-refractivity contribution in [3.05, 3.63) is 35.9 Å². The molecule has 0 aliphatic rings. The number of unbranched alkanes of at least 4 members (excludes halogenated alkanes) is 5. The fourth-order valence-electron chi connectivity index (χ4n) is 2.37. The number of urea groups is 1. The number of aliphatic carboxylic acids is 1. The van der Waals surface area contributed by atoms with Crippen molar-refractivity contribution < 1.29 is 14.7 Å². The summed E-state index contributed by atoms with van der Waals surface area (Å²) in [6.45, 7) is 2.76. The van der Waals surface area contributed by atoms with Gasteiger partial charge in [-0.15, -0.1) is 0 Å². The molecule has 23 heavy (non-hydrogen) atoms. The summed E-state index contributed by atoms with van der Waals surface area (Å²) >= 11 is 0. The van der Waals surface area contributed by atoms with Gasteiger partial charge in [0.25, 0.3) is 0 Å². The zero-order chi connectivity index (χ0) is 16.9. The highest BCUT2D eigenvalue weighted by Gasteiger charge is 2.19. The zero-order valence-electron chi connectivity index (χ0n) is 13.9. The van der Waals surface area contributed by atoms with Crippen molar-refractivity contribution in [1.29, 1.82) is 0 Å². The van der Waals surface area contributed by atoms with Crippen LogP contribution in [0.15, 0.2) is 30.3 Å². The third-order valence-corrected chi connectivity index (χ3v) is 3.70. The van der Waals surface area contributed by atoms with Crippen LogP contribution in [0.1, 0.15) is 51.0 Å².